The summed E-state index contributed by atoms with van der Waals surface area (Å²) in [4.78, 5) is 25.8. The fraction of sp³-hybridized carbons (Fsp3) is 0.250. The fourth-order valence-electron chi connectivity index (χ4n) is 2.11. The number of rotatable bonds is 2. The molecule has 0 spiro atoms. The summed E-state index contributed by atoms with van der Waals surface area (Å²) in [5, 5.41) is 21.8. The van der Waals surface area contributed by atoms with Crippen LogP contribution >= 0.6 is 0 Å². The highest BCUT2D eigenvalue weighted by Crippen LogP contribution is 2.35. The van der Waals surface area contributed by atoms with E-state index in [2.05, 4.69) is 10.2 Å². The van der Waals surface area contributed by atoms with Gasteiger partial charge in [-0.05, 0) is 29.4 Å². The minimum Gasteiger partial charge on any atom is -0.508 e. The van der Waals surface area contributed by atoms with Crippen LogP contribution in [0.1, 0.15) is 32.0 Å². The third-order valence-corrected chi connectivity index (χ3v) is 3.32. The highest BCUT2D eigenvalue weighted by atomic mass is 16.3. The summed E-state index contributed by atoms with van der Waals surface area (Å²) in [5.74, 6) is -0.0797. The number of phenolic OH excluding ortho intramolecular Hbond substituents is 1. The molecule has 0 saturated heterocycles. The number of H-pyrrole nitrogens is 1. The summed E-state index contributed by atoms with van der Waals surface area (Å²) in [6.45, 7) is 5.74. The maximum atomic E-state index is 12.1. The number of phenols is 1. The number of hydrogen-bond donors (Lipinski definition) is 2. The molecule has 2 N–H and O–H groups in total. The van der Waals surface area contributed by atoms with Crippen LogP contribution in [0.3, 0.4) is 0 Å². The number of aromatic nitrogens is 1. The van der Waals surface area contributed by atoms with Gasteiger partial charge in [-0.25, -0.2) is 0 Å². The monoisotopic (exact) mass is 297 g/mol. The van der Waals surface area contributed by atoms with E-state index in [4.69, 9.17) is 0 Å². The van der Waals surface area contributed by atoms with Crippen molar-refractivity contribution in [2.75, 3.05) is 0 Å². The lowest BCUT2D eigenvalue weighted by Crippen LogP contribution is -2.22. The Labute approximate surface area is 127 Å². The van der Waals surface area contributed by atoms with Gasteiger partial charge >= 0.3 is 0 Å². The Balaban J connectivity index is 2.88. The molecule has 1 aromatic carbocycles. The minimum atomic E-state index is -0.537. The second-order valence-electron chi connectivity index (χ2n) is 5.96. The maximum absolute atomic E-state index is 12.1. The first-order chi connectivity index (χ1) is 10.3. The summed E-state index contributed by atoms with van der Waals surface area (Å²) in [6, 6.07) is 7.47. The Kier molecular flexibility index (Phi) is 3.83. The summed E-state index contributed by atoms with van der Waals surface area (Å²) in [7, 11) is 0. The average Bonchev–Trinajstić information content (AvgIpc) is 2.45. The summed E-state index contributed by atoms with van der Waals surface area (Å²) >= 11 is 0. The van der Waals surface area contributed by atoms with Crippen LogP contribution in [-0.2, 0) is 5.41 Å². The molecule has 0 aliphatic rings. The Morgan fingerprint density at radius 1 is 1.23 bits per heavy atom. The normalized spacial score (nSPS) is 11.0. The van der Waals surface area contributed by atoms with Gasteiger partial charge in [-0.1, -0.05) is 20.8 Å². The van der Waals surface area contributed by atoms with E-state index in [1.807, 2.05) is 26.8 Å². The second kappa shape index (κ2) is 5.45. The SMILES string of the molecule is CC(C)(C)c1cc(-c2cc(O)ccc2N=O)c(C#N)c(=O)[nH]1. The highest BCUT2D eigenvalue weighted by molar-refractivity contribution is 5.81. The van der Waals surface area contributed by atoms with E-state index in [1.54, 1.807) is 6.07 Å². The summed E-state index contributed by atoms with van der Waals surface area (Å²) in [5.41, 5.74) is 0.193. The van der Waals surface area contributed by atoms with Crippen molar-refractivity contribution in [1.82, 2.24) is 4.98 Å². The number of aromatic amines is 1. The molecule has 0 amide bonds. The molecule has 0 fully saturated rings. The first-order valence-electron chi connectivity index (χ1n) is 6.62. The molecule has 1 heterocycles. The van der Waals surface area contributed by atoms with Crippen molar-refractivity contribution in [1.29, 1.82) is 5.26 Å². The predicted octanol–water partition coefficient (Wildman–Crippen LogP) is 3.31. The van der Waals surface area contributed by atoms with Gasteiger partial charge in [0, 0.05) is 22.2 Å². The molecule has 0 bridgehead atoms. The van der Waals surface area contributed by atoms with E-state index in [0.29, 0.717) is 5.69 Å². The van der Waals surface area contributed by atoms with Crippen LogP contribution in [0.25, 0.3) is 11.1 Å². The van der Waals surface area contributed by atoms with Crippen molar-refractivity contribution in [3.8, 4) is 22.9 Å². The molecule has 0 unspecified atom stereocenters. The molecular formula is C16H15N3O3. The van der Waals surface area contributed by atoms with Gasteiger partial charge in [0.2, 0.25) is 0 Å². The van der Waals surface area contributed by atoms with E-state index in [1.165, 1.54) is 18.2 Å². The molecule has 112 valence electrons. The van der Waals surface area contributed by atoms with E-state index in [-0.39, 0.29) is 33.5 Å². The molecule has 6 heteroatoms. The van der Waals surface area contributed by atoms with Gasteiger partial charge in [-0.15, -0.1) is 4.91 Å². The lowest BCUT2D eigenvalue weighted by atomic mass is 9.88. The van der Waals surface area contributed by atoms with Gasteiger partial charge in [-0.3, -0.25) is 4.79 Å². The van der Waals surface area contributed by atoms with Crippen LogP contribution in [0.2, 0.25) is 0 Å². The van der Waals surface area contributed by atoms with Gasteiger partial charge < -0.3 is 10.1 Å². The standard InChI is InChI=1S/C16H15N3O3/c1-16(2,3)14-7-10(12(8-17)15(21)18-14)11-6-9(20)4-5-13(11)19-22/h4-7,20H,1-3H3,(H,18,21). The van der Waals surface area contributed by atoms with E-state index in [9.17, 15) is 20.1 Å². The molecule has 0 atom stereocenters. The first kappa shape index (κ1) is 15.4. The average molecular weight is 297 g/mol. The quantitative estimate of drug-likeness (QED) is 0.829. The topological polar surface area (TPSA) is 106 Å². The van der Waals surface area contributed by atoms with Gasteiger partial charge in [0.1, 0.15) is 23.1 Å². The lowest BCUT2D eigenvalue weighted by molar-refractivity contribution is 0.475. The Morgan fingerprint density at radius 2 is 1.91 bits per heavy atom. The highest BCUT2D eigenvalue weighted by Gasteiger charge is 2.21. The van der Waals surface area contributed by atoms with Crippen molar-refractivity contribution in [3.63, 3.8) is 0 Å². The number of nitrogens with one attached hydrogen (secondary N) is 1. The van der Waals surface area contributed by atoms with Crippen LogP contribution in [0.15, 0.2) is 34.2 Å². The van der Waals surface area contributed by atoms with E-state index < -0.39 is 5.56 Å². The summed E-state index contributed by atoms with van der Waals surface area (Å²) in [6.07, 6.45) is 0. The molecule has 0 saturated carbocycles. The van der Waals surface area contributed by atoms with Crippen LogP contribution in [0.4, 0.5) is 5.69 Å². The number of pyridine rings is 1. The maximum Gasteiger partial charge on any atom is 0.266 e. The predicted molar refractivity (Wildman–Crippen MR) is 83.0 cm³/mol. The van der Waals surface area contributed by atoms with E-state index >= 15 is 0 Å². The molecular weight excluding hydrogens is 282 g/mol. The molecule has 1 aromatic heterocycles. The zero-order chi connectivity index (χ0) is 16.5. The molecule has 2 rings (SSSR count). The lowest BCUT2D eigenvalue weighted by Gasteiger charge is -2.20. The third-order valence-electron chi connectivity index (χ3n) is 3.32. The molecule has 22 heavy (non-hydrogen) atoms. The van der Waals surface area contributed by atoms with Gasteiger partial charge in [-0.2, -0.15) is 5.26 Å². The zero-order valence-electron chi connectivity index (χ0n) is 12.5. The van der Waals surface area contributed by atoms with Crippen molar-refractivity contribution in [2.24, 2.45) is 5.18 Å². The smallest absolute Gasteiger partial charge is 0.266 e. The van der Waals surface area contributed by atoms with Crippen molar-refractivity contribution >= 4 is 5.69 Å². The van der Waals surface area contributed by atoms with Crippen LogP contribution in [0.5, 0.6) is 5.75 Å². The molecule has 0 aliphatic heterocycles. The van der Waals surface area contributed by atoms with Crippen LogP contribution in [0, 0.1) is 16.2 Å². The molecule has 0 aliphatic carbocycles. The molecule has 2 aromatic rings. The third kappa shape index (κ3) is 2.74. The molecule has 0 radical (unpaired) electrons. The summed E-state index contributed by atoms with van der Waals surface area (Å²) < 4.78 is 0. The minimum absolute atomic E-state index is 0.0553. The number of aromatic hydroxyl groups is 1. The molecule has 6 nitrogen and oxygen atoms in total. The zero-order valence-corrected chi connectivity index (χ0v) is 12.5. The number of nitroso groups, excluding NO2 is 1. The van der Waals surface area contributed by atoms with Crippen LogP contribution < -0.4 is 5.56 Å². The fourth-order valence-corrected chi connectivity index (χ4v) is 2.11. The van der Waals surface area contributed by atoms with Gasteiger partial charge in [0.15, 0.2) is 0 Å². The Bertz CT molecular complexity index is 839. The Morgan fingerprint density at radius 3 is 2.45 bits per heavy atom. The number of benzene rings is 1. The van der Waals surface area contributed by atoms with Crippen molar-refractivity contribution < 1.29 is 5.11 Å². The largest absolute Gasteiger partial charge is 0.508 e. The van der Waals surface area contributed by atoms with Crippen LogP contribution in [-0.4, -0.2) is 10.1 Å². The van der Waals surface area contributed by atoms with Crippen molar-refractivity contribution in [2.45, 2.75) is 26.2 Å². The van der Waals surface area contributed by atoms with E-state index in [0.717, 1.165) is 0 Å². The number of hydrogen-bond acceptors (Lipinski definition) is 5. The van der Waals surface area contributed by atoms with Crippen molar-refractivity contribution in [3.05, 3.63) is 50.8 Å². The number of nitriles is 1. The Hall–Kier alpha value is -2.94. The second-order valence-corrected chi connectivity index (χ2v) is 5.96. The first-order valence-corrected chi connectivity index (χ1v) is 6.62. The van der Waals surface area contributed by atoms with Gasteiger partial charge in [0.05, 0.1) is 0 Å². The number of nitrogens with zero attached hydrogens (tertiary/aromatic N) is 2. The van der Waals surface area contributed by atoms with Gasteiger partial charge in [0.25, 0.3) is 5.56 Å².